The molecule has 6 nitrogen and oxygen atoms in total. The second-order valence-corrected chi connectivity index (χ2v) is 10.1. The predicted molar refractivity (Wildman–Crippen MR) is 141 cm³/mol. The Hall–Kier alpha value is -3.87. The van der Waals surface area contributed by atoms with E-state index in [1.54, 1.807) is 23.1 Å². The fraction of sp³-hybridized carbons (Fsp3) is 0.333. The summed E-state index contributed by atoms with van der Waals surface area (Å²) in [6, 6.07) is 12.0. The van der Waals surface area contributed by atoms with E-state index in [2.05, 4.69) is 18.2 Å². The standard InChI is InChI=1S/C30H30FN3O3/c1-19(14-28(35)36)10-12-26-29(20-6-3-2-4-7-20)33-25-13-11-22(16-27(25)32-26)30(37)34-17-23(18-34)21-8-5-9-24(31)15-21/h3,5-9,11,13,15-16,19,23H,2,4,10,12,14,17-18H2,1H3,(H,35,36). The highest BCUT2D eigenvalue weighted by Crippen LogP contribution is 2.30. The normalized spacial score (nSPS) is 16.4. The molecule has 37 heavy (non-hydrogen) atoms. The number of aryl methyl sites for hydroxylation is 1. The lowest BCUT2D eigenvalue weighted by atomic mass is 9.91. The van der Waals surface area contributed by atoms with Crippen molar-refractivity contribution in [1.82, 2.24) is 14.9 Å². The molecular weight excluding hydrogens is 469 g/mol. The minimum atomic E-state index is -0.802. The van der Waals surface area contributed by atoms with E-state index in [-0.39, 0.29) is 30.0 Å². The van der Waals surface area contributed by atoms with Gasteiger partial charge in [0.05, 0.1) is 22.4 Å². The van der Waals surface area contributed by atoms with Gasteiger partial charge in [0.25, 0.3) is 5.91 Å². The molecule has 1 aromatic heterocycles. The summed E-state index contributed by atoms with van der Waals surface area (Å²) in [5.74, 6) is -0.982. The molecule has 0 bridgehead atoms. The summed E-state index contributed by atoms with van der Waals surface area (Å²) in [6.07, 6.45) is 9.71. The Kier molecular flexibility index (Phi) is 7.12. The van der Waals surface area contributed by atoms with Crippen LogP contribution in [-0.4, -0.2) is 44.9 Å². The molecule has 3 aromatic rings. The number of halogens is 1. The van der Waals surface area contributed by atoms with Crippen LogP contribution in [-0.2, 0) is 11.2 Å². The van der Waals surface area contributed by atoms with Crippen molar-refractivity contribution in [2.45, 2.75) is 44.9 Å². The Morgan fingerprint density at radius 2 is 1.95 bits per heavy atom. The topological polar surface area (TPSA) is 83.4 Å². The molecule has 5 rings (SSSR count). The number of hydrogen-bond donors (Lipinski definition) is 1. The van der Waals surface area contributed by atoms with Crippen LogP contribution >= 0.6 is 0 Å². The molecule has 190 valence electrons. The number of carbonyl (C=O) groups excluding carboxylic acids is 1. The van der Waals surface area contributed by atoms with E-state index in [0.717, 1.165) is 40.9 Å². The molecule has 1 amide bonds. The van der Waals surface area contributed by atoms with Gasteiger partial charge in [0, 0.05) is 31.0 Å². The highest BCUT2D eigenvalue weighted by atomic mass is 19.1. The number of carbonyl (C=O) groups is 2. The van der Waals surface area contributed by atoms with E-state index in [1.807, 2.05) is 19.1 Å². The highest BCUT2D eigenvalue weighted by molar-refractivity contribution is 5.98. The summed E-state index contributed by atoms with van der Waals surface area (Å²) in [4.78, 5) is 35.9. The van der Waals surface area contributed by atoms with Crippen molar-refractivity contribution < 1.29 is 19.1 Å². The van der Waals surface area contributed by atoms with Crippen LogP contribution in [0.5, 0.6) is 0 Å². The highest BCUT2D eigenvalue weighted by Gasteiger charge is 2.32. The Morgan fingerprint density at radius 3 is 2.68 bits per heavy atom. The molecule has 2 aromatic carbocycles. The third-order valence-electron chi connectivity index (χ3n) is 7.14. The quantitative estimate of drug-likeness (QED) is 0.424. The van der Waals surface area contributed by atoms with Crippen molar-refractivity contribution in [2.24, 2.45) is 5.92 Å². The lowest BCUT2D eigenvalue weighted by Gasteiger charge is -2.39. The van der Waals surface area contributed by atoms with Crippen molar-refractivity contribution in [3.63, 3.8) is 0 Å². The van der Waals surface area contributed by atoms with Crippen molar-refractivity contribution in [1.29, 1.82) is 0 Å². The van der Waals surface area contributed by atoms with Gasteiger partial charge in [-0.25, -0.2) is 14.4 Å². The van der Waals surface area contributed by atoms with Crippen LogP contribution < -0.4 is 0 Å². The van der Waals surface area contributed by atoms with E-state index in [9.17, 15) is 14.0 Å². The Labute approximate surface area is 215 Å². The van der Waals surface area contributed by atoms with Gasteiger partial charge in [0.1, 0.15) is 5.82 Å². The lowest BCUT2D eigenvalue weighted by Crippen LogP contribution is -2.48. The van der Waals surface area contributed by atoms with Crippen LogP contribution in [0.1, 0.15) is 65.8 Å². The number of benzene rings is 2. The largest absolute Gasteiger partial charge is 0.481 e. The molecule has 7 heteroatoms. The number of carboxylic acids is 1. The van der Waals surface area contributed by atoms with Crippen molar-refractivity contribution >= 4 is 28.5 Å². The number of rotatable bonds is 8. The summed E-state index contributed by atoms with van der Waals surface area (Å²) in [7, 11) is 0. The number of carboxylic acid groups (broad SMARTS) is 1. The molecule has 0 saturated carbocycles. The molecule has 0 radical (unpaired) electrons. The average molecular weight is 500 g/mol. The van der Waals surface area contributed by atoms with E-state index >= 15 is 0 Å². The summed E-state index contributed by atoms with van der Waals surface area (Å²) in [5, 5.41) is 9.13. The van der Waals surface area contributed by atoms with Gasteiger partial charge in [-0.05, 0) is 73.1 Å². The number of allylic oxidation sites excluding steroid dienone is 4. The maximum absolute atomic E-state index is 13.6. The maximum atomic E-state index is 13.6. The summed E-state index contributed by atoms with van der Waals surface area (Å²) in [5.41, 5.74) is 5.51. The van der Waals surface area contributed by atoms with Gasteiger partial charge in [-0.3, -0.25) is 9.59 Å². The third kappa shape index (κ3) is 5.61. The monoisotopic (exact) mass is 499 g/mol. The second-order valence-electron chi connectivity index (χ2n) is 10.1. The van der Waals surface area contributed by atoms with Crippen LogP contribution in [0.15, 0.2) is 60.7 Å². The zero-order valence-corrected chi connectivity index (χ0v) is 20.9. The third-order valence-corrected chi connectivity index (χ3v) is 7.14. The molecule has 1 atom stereocenters. The first-order valence-corrected chi connectivity index (χ1v) is 12.8. The molecule has 2 heterocycles. The smallest absolute Gasteiger partial charge is 0.303 e. The van der Waals surface area contributed by atoms with E-state index < -0.39 is 5.97 Å². The number of hydrogen-bond acceptors (Lipinski definition) is 4. The maximum Gasteiger partial charge on any atom is 0.303 e. The first-order chi connectivity index (χ1) is 17.9. The number of likely N-dealkylation sites (tertiary alicyclic amines) is 1. The fourth-order valence-corrected chi connectivity index (χ4v) is 5.00. The Balaban J connectivity index is 1.38. The minimum absolute atomic E-state index is 0.0177. The number of nitrogens with zero attached hydrogens (tertiary/aromatic N) is 3. The van der Waals surface area contributed by atoms with Crippen LogP contribution in [0.2, 0.25) is 0 Å². The van der Waals surface area contributed by atoms with E-state index in [4.69, 9.17) is 15.1 Å². The van der Waals surface area contributed by atoms with Crippen LogP contribution in [0, 0.1) is 11.7 Å². The van der Waals surface area contributed by atoms with Crippen LogP contribution in [0.25, 0.3) is 16.6 Å². The molecule has 1 unspecified atom stereocenters. The molecule has 1 aliphatic carbocycles. The SMILES string of the molecule is CC(CCc1nc2cc(C(=O)N3CC(c4cccc(F)c4)C3)ccc2nc1C1=CCCC=C1)CC(=O)O. The predicted octanol–water partition coefficient (Wildman–Crippen LogP) is 5.79. The molecular formula is C30H30FN3O3. The number of fused-ring (bicyclic) bond motifs is 1. The van der Waals surface area contributed by atoms with Gasteiger partial charge in [-0.15, -0.1) is 0 Å². The second kappa shape index (κ2) is 10.6. The number of aliphatic carboxylic acids is 1. The molecule has 1 N–H and O–H groups in total. The van der Waals surface area contributed by atoms with Crippen LogP contribution in [0.3, 0.4) is 0 Å². The van der Waals surface area contributed by atoms with Gasteiger partial charge in [0.2, 0.25) is 0 Å². The number of amides is 1. The molecule has 1 aliphatic heterocycles. The first kappa shape index (κ1) is 24.8. The van der Waals surface area contributed by atoms with Crippen LogP contribution in [0.4, 0.5) is 4.39 Å². The van der Waals surface area contributed by atoms with Crippen molar-refractivity contribution in [2.75, 3.05) is 13.1 Å². The Morgan fingerprint density at radius 1 is 1.11 bits per heavy atom. The van der Waals surface area contributed by atoms with Gasteiger partial charge < -0.3 is 10.0 Å². The molecule has 1 saturated heterocycles. The van der Waals surface area contributed by atoms with E-state index in [0.29, 0.717) is 37.0 Å². The molecule has 0 spiro atoms. The Bertz CT molecular complexity index is 1410. The van der Waals surface area contributed by atoms with Gasteiger partial charge >= 0.3 is 5.97 Å². The number of aromatic nitrogens is 2. The van der Waals surface area contributed by atoms with Gasteiger partial charge in [-0.1, -0.05) is 37.3 Å². The zero-order valence-electron chi connectivity index (χ0n) is 20.9. The minimum Gasteiger partial charge on any atom is -0.481 e. The lowest BCUT2D eigenvalue weighted by molar-refractivity contribution is -0.138. The van der Waals surface area contributed by atoms with Gasteiger partial charge in [-0.2, -0.15) is 0 Å². The summed E-state index contributed by atoms with van der Waals surface area (Å²) < 4.78 is 13.6. The summed E-state index contributed by atoms with van der Waals surface area (Å²) >= 11 is 0. The first-order valence-electron chi connectivity index (χ1n) is 12.8. The van der Waals surface area contributed by atoms with Crippen molar-refractivity contribution in [3.8, 4) is 0 Å². The average Bonchev–Trinajstić information content (AvgIpc) is 2.86. The van der Waals surface area contributed by atoms with E-state index in [1.165, 1.54) is 12.1 Å². The van der Waals surface area contributed by atoms with Crippen molar-refractivity contribution in [3.05, 3.63) is 89.0 Å². The summed E-state index contributed by atoms with van der Waals surface area (Å²) in [6.45, 7) is 3.04. The van der Waals surface area contributed by atoms with Gasteiger partial charge in [0.15, 0.2) is 0 Å². The fourth-order valence-electron chi connectivity index (χ4n) is 5.00. The zero-order chi connectivity index (χ0) is 25.9. The molecule has 1 fully saturated rings. The molecule has 2 aliphatic rings.